The summed E-state index contributed by atoms with van der Waals surface area (Å²) < 4.78 is 0. The molecule has 0 saturated carbocycles. The number of hydrogen-bond acceptors (Lipinski definition) is 2. The van der Waals surface area contributed by atoms with Gasteiger partial charge in [0.1, 0.15) is 0 Å². The molecule has 0 aliphatic heterocycles. The molecule has 0 radical (unpaired) electrons. The van der Waals surface area contributed by atoms with Gasteiger partial charge in [-0.3, -0.25) is 4.90 Å². The number of hydrogen-bond donors (Lipinski definition) is 1. The Bertz CT molecular complexity index is 528. The van der Waals surface area contributed by atoms with E-state index in [1.807, 2.05) is 0 Å². The summed E-state index contributed by atoms with van der Waals surface area (Å²) in [4.78, 5) is 2.52. The molecular weight excluding hydrogens is 280 g/mol. The Hall–Kier alpha value is -1.64. The highest BCUT2D eigenvalue weighted by molar-refractivity contribution is 5.18. The Morgan fingerprint density at radius 2 is 1.22 bits per heavy atom. The van der Waals surface area contributed by atoms with E-state index in [1.54, 1.807) is 0 Å². The third-order valence-electron chi connectivity index (χ3n) is 4.24. The van der Waals surface area contributed by atoms with E-state index in [0.717, 1.165) is 13.1 Å². The van der Waals surface area contributed by atoms with Gasteiger partial charge in [-0.1, -0.05) is 81.4 Å². The highest BCUT2D eigenvalue weighted by atomic mass is 15.2. The molecule has 2 nitrogen and oxygen atoms in total. The maximum atomic E-state index is 6.39. The quantitative estimate of drug-likeness (QED) is 0.854. The maximum absolute atomic E-state index is 6.39. The van der Waals surface area contributed by atoms with Crippen LogP contribution in [0.4, 0.5) is 0 Å². The van der Waals surface area contributed by atoms with Crippen molar-refractivity contribution in [3.8, 4) is 0 Å². The lowest BCUT2D eigenvalue weighted by Crippen LogP contribution is -2.52. The minimum Gasteiger partial charge on any atom is -0.327 e. The van der Waals surface area contributed by atoms with Crippen molar-refractivity contribution in [2.45, 2.75) is 52.9 Å². The second kappa shape index (κ2) is 7.76. The van der Waals surface area contributed by atoms with Gasteiger partial charge < -0.3 is 5.73 Å². The average molecular weight is 310 g/mol. The van der Waals surface area contributed by atoms with Crippen molar-refractivity contribution in [3.63, 3.8) is 0 Å². The fourth-order valence-corrected chi connectivity index (χ4v) is 3.56. The molecule has 23 heavy (non-hydrogen) atoms. The van der Waals surface area contributed by atoms with Crippen LogP contribution in [0.1, 0.15) is 38.8 Å². The molecule has 2 atom stereocenters. The molecule has 0 fully saturated rings. The Balaban J connectivity index is 2.29. The average Bonchev–Trinajstić information content (AvgIpc) is 2.47. The first-order chi connectivity index (χ1) is 10.9. The lowest BCUT2D eigenvalue weighted by molar-refractivity contribution is 0.0681. The first kappa shape index (κ1) is 17.7. The van der Waals surface area contributed by atoms with Crippen LogP contribution in [-0.4, -0.2) is 17.0 Å². The van der Waals surface area contributed by atoms with Crippen LogP contribution < -0.4 is 5.73 Å². The zero-order chi connectivity index (χ0) is 16.9. The van der Waals surface area contributed by atoms with E-state index in [4.69, 9.17) is 5.73 Å². The van der Waals surface area contributed by atoms with Gasteiger partial charge in [0.05, 0.1) is 0 Å². The van der Waals surface area contributed by atoms with Gasteiger partial charge in [-0.25, -0.2) is 0 Å². The smallest absolute Gasteiger partial charge is 0.0299 e. The minimum absolute atomic E-state index is 0.113. The standard InChI is InChI=1S/C21H30N2/c1-17(22)20(21(2,3)4)23(15-18-11-7-5-8-12-18)16-19-13-9-6-10-14-19/h5-14,17,20H,15-16,22H2,1-4H3. The van der Waals surface area contributed by atoms with Crippen LogP contribution in [0.5, 0.6) is 0 Å². The molecular formula is C21H30N2. The molecule has 2 aromatic carbocycles. The van der Waals surface area contributed by atoms with Crippen molar-refractivity contribution in [2.75, 3.05) is 0 Å². The number of nitrogens with two attached hydrogens (primary N) is 1. The number of benzene rings is 2. The fraction of sp³-hybridized carbons (Fsp3) is 0.429. The van der Waals surface area contributed by atoms with E-state index in [9.17, 15) is 0 Å². The van der Waals surface area contributed by atoms with Crippen LogP contribution in [-0.2, 0) is 13.1 Å². The summed E-state index contributed by atoms with van der Waals surface area (Å²) in [7, 11) is 0. The van der Waals surface area contributed by atoms with Gasteiger partial charge in [-0.2, -0.15) is 0 Å². The SMILES string of the molecule is CC(N)C(N(Cc1ccccc1)Cc1ccccc1)C(C)(C)C. The summed E-state index contributed by atoms with van der Waals surface area (Å²) in [6.45, 7) is 10.8. The van der Waals surface area contributed by atoms with E-state index >= 15 is 0 Å². The Morgan fingerprint density at radius 3 is 1.52 bits per heavy atom. The summed E-state index contributed by atoms with van der Waals surface area (Å²) in [6, 6.07) is 21.8. The minimum atomic E-state index is 0.113. The lowest BCUT2D eigenvalue weighted by Gasteiger charge is -2.43. The molecule has 0 aromatic heterocycles. The van der Waals surface area contributed by atoms with Crippen LogP contribution >= 0.6 is 0 Å². The van der Waals surface area contributed by atoms with Crippen LogP contribution in [0.25, 0.3) is 0 Å². The van der Waals surface area contributed by atoms with E-state index < -0.39 is 0 Å². The number of nitrogens with zero attached hydrogens (tertiary/aromatic N) is 1. The molecule has 2 heteroatoms. The summed E-state index contributed by atoms with van der Waals surface area (Å²) >= 11 is 0. The number of rotatable bonds is 6. The largest absolute Gasteiger partial charge is 0.327 e. The maximum Gasteiger partial charge on any atom is 0.0299 e. The molecule has 0 saturated heterocycles. The zero-order valence-electron chi connectivity index (χ0n) is 14.9. The van der Waals surface area contributed by atoms with E-state index in [0.29, 0.717) is 6.04 Å². The molecule has 0 spiro atoms. The predicted molar refractivity (Wildman–Crippen MR) is 99.0 cm³/mol. The summed E-state index contributed by atoms with van der Waals surface area (Å²) in [6.07, 6.45) is 0. The van der Waals surface area contributed by atoms with Crippen LogP contribution in [0.2, 0.25) is 0 Å². The Kier molecular flexibility index (Phi) is 5.97. The van der Waals surface area contributed by atoms with Gasteiger partial charge >= 0.3 is 0 Å². The summed E-state index contributed by atoms with van der Waals surface area (Å²) in [5.41, 5.74) is 9.18. The molecule has 124 valence electrons. The highest BCUT2D eigenvalue weighted by Gasteiger charge is 2.33. The third-order valence-corrected chi connectivity index (χ3v) is 4.24. The monoisotopic (exact) mass is 310 g/mol. The molecule has 0 bridgehead atoms. The molecule has 0 amide bonds. The topological polar surface area (TPSA) is 29.3 Å². The van der Waals surface area contributed by atoms with E-state index in [2.05, 4.69) is 93.3 Å². The van der Waals surface area contributed by atoms with Crippen molar-refractivity contribution in [1.29, 1.82) is 0 Å². The molecule has 0 aliphatic carbocycles. The van der Waals surface area contributed by atoms with Gasteiger partial charge in [-0.15, -0.1) is 0 Å². The second-order valence-electron chi connectivity index (χ2n) is 7.55. The Labute approximate surface area is 141 Å². The van der Waals surface area contributed by atoms with Gasteiger partial charge in [0.2, 0.25) is 0 Å². The first-order valence-electron chi connectivity index (χ1n) is 8.45. The van der Waals surface area contributed by atoms with Gasteiger partial charge in [0.15, 0.2) is 0 Å². The van der Waals surface area contributed by atoms with Crippen LogP contribution in [0.15, 0.2) is 60.7 Å². The van der Waals surface area contributed by atoms with E-state index in [-0.39, 0.29) is 11.5 Å². The third kappa shape index (κ3) is 5.19. The normalized spacial score (nSPS) is 14.7. The van der Waals surface area contributed by atoms with Crippen molar-refractivity contribution >= 4 is 0 Å². The van der Waals surface area contributed by atoms with Crippen LogP contribution in [0, 0.1) is 5.41 Å². The summed E-state index contributed by atoms with van der Waals surface area (Å²) in [5, 5.41) is 0. The van der Waals surface area contributed by atoms with Gasteiger partial charge in [0.25, 0.3) is 0 Å². The second-order valence-corrected chi connectivity index (χ2v) is 7.55. The molecule has 0 heterocycles. The fourth-order valence-electron chi connectivity index (χ4n) is 3.56. The van der Waals surface area contributed by atoms with Gasteiger partial charge in [-0.05, 0) is 23.5 Å². The van der Waals surface area contributed by atoms with E-state index in [1.165, 1.54) is 11.1 Å². The van der Waals surface area contributed by atoms with Gasteiger partial charge in [0, 0.05) is 25.2 Å². The van der Waals surface area contributed by atoms with Crippen molar-refractivity contribution in [3.05, 3.63) is 71.8 Å². The molecule has 2 aromatic rings. The molecule has 2 rings (SSSR count). The molecule has 2 N–H and O–H groups in total. The first-order valence-corrected chi connectivity index (χ1v) is 8.45. The van der Waals surface area contributed by atoms with Crippen molar-refractivity contribution < 1.29 is 0 Å². The highest BCUT2D eigenvalue weighted by Crippen LogP contribution is 2.29. The van der Waals surface area contributed by atoms with Crippen molar-refractivity contribution in [2.24, 2.45) is 11.1 Å². The zero-order valence-corrected chi connectivity index (χ0v) is 14.9. The predicted octanol–water partition coefficient (Wildman–Crippen LogP) is 4.45. The van der Waals surface area contributed by atoms with Crippen LogP contribution in [0.3, 0.4) is 0 Å². The molecule has 0 aliphatic rings. The Morgan fingerprint density at radius 1 is 0.826 bits per heavy atom. The molecule has 2 unspecified atom stereocenters. The lowest BCUT2D eigenvalue weighted by atomic mass is 9.81. The van der Waals surface area contributed by atoms with Crippen molar-refractivity contribution in [1.82, 2.24) is 4.90 Å². The summed E-state index contributed by atoms with van der Waals surface area (Å²) in [5.74, 6) is 0.